The standard InChI is InChI=1S/C21H21ClN2O2/c1-24(13-17-11-18(22)8-10-20(17)26-2)14-21(25)23-19-9-7-15-5-3-4-6-16(15)12-19/h3-12H,13-14H2,1-2H3,(H,23,25)/p+1. The van der Waals surface area contributed by atoms with E-state index in [1.165, 1.54) is 0 Å². The number of methoxy groups -OCH3 is 1. The van der Waals surface area contributed by atoms with Gasteiger partial charge in [0.25, 0.3) is 5.91 Å². The molecule has 0 heterocycles. The maximum Gasteiger partial charge on any atom is 0.279 e. The van der Waals surface area contributed by atoms with E-state index in [4.69, 9.17) is 16.3 Å². The maximum atomic E-state index is 12.4. The number of rotatable bonds is 6. The van der Waals surface area contributed by atoms with Gasteiger partial charge in [-0.05, 0) is 41.1 Å². The van der Waals surface area contributed by atoms with Crippen molar-refractivity contribution in [2.45, 2.75) is 6.54 Å². The van der Waals surface area contributed by atoms with E-state index in [-0.39, 0.29) is 5.91 Å². The Morgan fingerprint density at radius 2 is 1.85 bits per heavy atom. The Morgan fingerprint density at radius 1 is 1.08 bits per heavy atom. The summed E-state index contributed by atoms with van der Waals surface area (Å²) in [6, 6.07) is 19.5. The predicted molar refractivity (Wildman–Crippen MR) is 106 cm³/mol. The SMILES string of the molecule is COc1ccc(Cl)cc1C[NH+](C)CC(=O)Nc1ccc2ccccc2c1. The van der Waals surface area contributed by atoms with Gasteiger partial charge in [0.2, 0.25) is 0 Å². The number of quaternary nitrogens is 1. The van der Waals surface area contributed by atoms with Gasteiger partial charge >= 0.3 is 0 Å². The molecule has 0 aliphatic carbocycles. The third-order valence-corrected chi connectivity index (χ3v) is 4.47. The highest BCUT2D eigenvalue weighted by atomic mass is 35.5. The van der Waals surface area contributed by atoms with Gasteiger partial charge in [-0.2, -0.15) is 0 Å². The van der Waals surface area contributed by atoms with Crippen LogP contribution < -0.4 is 15.0 Å². The van der Waals surface area contributed by atoms with Crippen LogP contribution in [-0.4, -0.2) is 26.6 Å². The van der Waals surface area contributed by atoms with E-state index in [1.807, 2.05) is 55.6 Å². The molecular weight excluding hydrogens is 348 g/mol. The van der Waals surface area contributed by atoms with E-state index in [2.05, 4.69) is 11.4 Å². The summed E-state index contributed by atoms with van der Waals surface area (Å²) < 4.78 is 5.37. The van der Waals surface area contributed by atoms with Crippen LogP contribution >= 0.6 is 11.6 Å². The number of halogens is 1. The lowest BCUT2D eigenvalue weighted by molar-refractivity contribution is -0.885. The Hall–Kier alpha value is -2.56. The summed E-state index contributed by atoms with van der Waals surface area (Å²) in [5, 5.41) is 5.90. The molecule has 3 aromatic carbocycles. The molecule has 4 nitrogen and oxygen atoms in total. The fourth-order valence-electron chi connectivity index (χ4n) is 3.02. The Kier molecular flexibility index (Phi) is 5.76. The van der Waals surface area contributed by atoms with Gasteiger partial charge in [0.15, 0.2) is 6.54 Å². The van der Waals surface area contributed by atoms with Crippen molar-refractivity contribution in [2.24, 2.45) is 0 Å². The van der Waals surface area contributed by atoms with Crippen LogP contribution in [0.15, 0.2) is 60.7 Å². The van der Waals surface area contributed by atoms with Crippen LogP contribution in [0.2, 0.25) is 5.02 Å². The van der Waals surface area contributed by atoms with Crippen LogP contribution in [0.3, 0.4) is 0 Å². The van der Waals surface area contributed by atoms with Crippen molar-refractivity contribution in [1.82, 2.24) is 0 Å². The highest BCUT2D eigenvalue weighted by Gasteiger charge is 2.14. The highest BCUT2D eigenvalue weighted by Crippen LogP contribution is 2.22. The van der Waals surface area contributed by atoms with Gasteiger partial charge < -0.3 is 15.0 Å². The van der Waals surface area contributed by atoms with Crippen LogP contribution in [0.4, 0.5) is 5.69 Å². The fourth-order valence-corrected chi connectivity index (χ4v) is 3.21. The van der Waals surface area contributed by atoms with Crippen molar-refractivity contribution in [3.63, 3.8) is 0 Å². The van der Waals surface area contributed by atoms with Crippen LogP contribution in [-0.2, 0) is 11.3 Å². The molecule has 3 aromatic rings. The Balaban J connectivity index is 1.62. The zero-order valence-corrected chi connectivity index (χ0v) is 15.6. The minimum atomic E-state index is -0.0289. The number of carbonyl (C=O) groups excluding carboxylic acids is 1. The first-order valence-corrected chi connectivity index (χ1v) is 8.85. The van der Waals surface area contributed by atoms with E-state index in [0.717, 1.165) is 32.7 Å². The molecule has 0 aliphatic rings. The zero-order valence-electron chi connectivity index (χ0n) is 14.9. The van der Waals surface area contributed by atoms with Crippen LogP contribution in [0.25, 0.3) is 10.8 Å². The van der Waals surface area contributed by atoms with Gasteiger partial charge in [-0.1, -0.05) is 41.9 Å². The molecule has 1 unspecified atom stereocenters. The molecule has 0 bridgehead atoms. The Morgan fingerprint density at radius 3 is 2.62 bits per heavy atom. The summed E-state index contributed by atoms with van der Waals surface area (Å²) in [5.41, 5.74) is 1.79. The lowest BCUT2D eigenvalue weighted by Gasteiger charge is -2.16. The summed E-state index contributed by atoms with van der Waals surface area (Å²) in [5.74, 6) is 0.752. The summed E-state index contributed by atoms with van der Waals surface area (Å²) in [6.07, 6.45) is 0. The summed E-state index contributed by atoms with van der Waals surface area (Å²) >= 11 is 6.07. The number of hydrogen-bond donors (Lipinski definition) is 2. The van der Waals surface area contributed by atoms with Crippen LogP contribution in [0, 0.1) is 0 Å². The first-order chi connectivity index (χ1) is 12.5. The average Bonchev–Trinajstić information content (AvgIpc) is 2.61. The monoisotopic (exact) mass is 369 g/mol. The van der Waals surface area contributed by atoms with E-state index < -0.39 is 0 Å². The molecule has 3 rings (SSSR count). The van der Waals surface area contributed by atoms with Gasteiger partial charge in [0.1, 0.15) is 12.3 Å². The maximum absolute atomic E-state index is 12.4. The largest absolute Gasteiger partial charge is 0.496 e. The van der Waals surface area contributed by atoms with Crippen molar-refractivity contribution in [1.29, 1.82) is 0 Å². The van der Waals surface area contributed by atoms with Gasteiger partial charge in [-0.3, -0.25) is 4.79 Å². The molecule has 0 saturated heterocycles. The lowest BCUT2D eigenvalue weighted by Crippen LogP contribution is -3.08. The van der Waals surface area contributed by atoms with Crippen molar-refractivity contribution < 1.29 is 14.4 Å². The number of fused-ring (bicyclic) bond motifs is 1. The number of amides is 1. The molecule has 26 heavy (non-hydrogen) atoms. The summed E-state index contributed by atoms with van der Waals surface area (Å²) in [4.78, 5) is 13.4. The number of likely N-dealkylation sites (N-methyl/N-ethyl adjacent to an activating group) is 1. The lowest BCUT2D eigenvalue weighted by atomic mass is 10.1. The quantitative estimate of drug-likeness (QED) is 0.701. The first kappa shape index (κ1) is 18.2. The van der Waals surface area contributed by atoms with Crippen LogP contribution in [0.5, 0.6) is 5.75 Å². The predicted octanol–water partition coefficient (Wildman–Crippen LogP) is 3.16. The fraction of sp³-hybridized carbons (Fsp3) is 0.190. The molecule has 0 spiro atoms. The van der Waals surface area contributed by atoms with Crippen molar-refractivity contribution in [3.05, 3.63) is 71.2 Å². The molecule has 1 atom stereocenters. The number of ether oxygens (including phenoxy) is 1. The van der Waals surface area contributed by atoms with E-state index in [1.54, 1.807) is 13.2 Å². The number of nitrogens with one attached hydrogen (secondary N) is 2. The molecule has 0 saturated carbocycles. The van der Waals surface area contributed by atoms with E-state index >= 15 is 0 Å². The molecule has 134 valence electrons. The topological polar surface area (TPSA) is 42.8 Å². The number of hydrogen-bond acceptors (Lipinski definition) is 2. The molecule has 1 amide bonds. The third-order valence-electron chi connectivity index (χ3n) is 4.23. The summed E-state index contributed by atoms with van der Waals surface area (Å²) in [7, 11) is 3.61. The Labute approximate surface area is 158 Å². The normalized spacial score (nSPS) is 12.0. The number of carbonyl (C=O) groups is 1. The second-order valence-electron chi connectivity index (χ2n) is 6.38. The molecule has 2 N–H and O–H groups in total. The number of benzene rings is 3. The van der Waals surface area contributed by atoms with Gasteiger partial charge in [-0.15, -0.1) is 0 Å². The number of anilines is 1. The average molecular weight is 370 g/mol. The second kappa shape index (κ2) is 8.21. The molecular formula is C21H22ClN2O2+. The zero-order chi connectivity index (χ0) is 18.5. The van der Waals surface area contributed by atoms with Gasteiger partial charge in [-0.25, -0.2) is 0 Å². The van der Waals surface area contributed by atoms with Gasteiger partial charge in [0.05, 0.1) is 14.2 Å². The molecule has 0 aliphatic heterocycles. The Bertz CT molecular complexity index is 927. The van der Waals surface area contributed by atoms with E-state index in [9.17, 15) is 4.79 Å². The van der Waals surface area contributed by atoms with Crippen molar-refractivity contribution in [3.8, 4) is 5.75 Å². The minimum absolute atomic E-state index is 0.0289. The summed E-state index contributed by atoms with van der Waals surface area (Å²) in [6.45, 7) is 0.997. The highest BCUT2D eigenvalue weighted by molar-refractivity contribution is 6.30. The van der Waals surface area contributed by atoms with Crippen LogP contribution in [0.1, 0.15) is 5.56 Å². The third kappa shape index (κ3) is 4.54. The first-order valence-electron chi connectivity index (χ1n) is 8.47. The second-order valence-corrected chi connectivity index (χ2v) is 6.81. The molecule has 5 heteroatoms. The minimum Gasteiger partial charge on any atom is -0.496 e. The van der Waals surface area contributed by atoms with Crippen molar-refractivity contribution >= 4 is 34.0 Å². The molecule has 0 aromatic heterocycles. The molecule has 0 fully saturated rings. The van der Waals surface area contributed by atoms with Gasteiger partial charge in [0, 0.05) is 16.3 Å². The molecule has 0 radical (unpaired) electrons. The smallest absolute Gasteiger partial charge is 0.279 e. The van der Waals surface area contributed by atoms with E-state index in [0.29, 0.717) is 18.1 Å². The van der Waals surface area contributed by atoms with Crippen molar-refractivity contribution in [2.75, 3.05) is 26.0 Å².